The molecule has 1 aliphatic rings. The highest BCUT2D eigenvalue weighted by Crippen LogP contribution is 2.26. The van der Waals surface area contributed by atoms with Crippen molar-refractivity contribution >= 4 is 28.9 Å². The summed E-state index contributed by atoms with van der Waals surface area (Å²) in [5, 5.41) is 3.72. The van der Waals surface area contributed by atoms with E-state index < -0.39 is 0 Å². The van der Waals surface area contributed by atoms with Crippen LogP contribution in [0.3, 0.4) is 0 Å². The Hall–Kier alpha value is -3.09. The summed E-state index contributed by atoms with van der Waals surface area (Å²) in [5.74, 6) is -0.337. The Labute approximate surface area is 205 Å². The summed E-state index contributed by atoms with van der Waals surface area (Å²) in [4.78, 5) is 19.5. The van der Waals surface area contributed by atoms with Crippen LogP contribution < -0.4 is 15.1 Å². The lowest BCUT2D eigenvalue weighted by molar-refractivity contribution is 0.0930. The lowest BCUT2D eigenvalue weighted by Gasteiger charge is -2.40. The number of piperazine rings is 1. The summed E-state index contributed by atoms with van der Waals surface area (Å²) < 4.78 is 13.3. The highest BCUT2D eigenvalue weighted by molar-refractivity contribution is 6.30. The minimum absolute atomic E-state index is 0.0443. The van der Waals surface area contributed by atoms with Crippen LogP contribution in [0.1, 0.15) is 22.0 Å². The second-order valence-electron chi connectivity index (χ2n) is 8.72. The maximum atomic E-state index is 13.3. The zero-order valence-electron chi connectivity index (χ0n) is 19.5. The summed E-state index contributed by atoms with van der Waals surface area (Å²) in [7, 11) is 4.04. The van der Waals surface area contributed by atoms with E-state index in [9.17, 15) is 9.18 Å². The van der Waals surface area contributed by atoms with Crippen molar-refractivity contribution in [1.29, 1.82) is 0 Å². The molecule has 1 amide bonds. The Bertz CT molecular complexity index is 1080. The van der Waals surface area contributed by atoms with Gasteiger partial charge >= 0.3 is 0 Å². The van der Waals surface area contributed by atoms with Gasteiger partial charge in [0.1, 0.15) is 5.82 Å². The quantitative estimate of drug-likeness (QED) is 0.525. The summed E-state index contributed by atoms with van der Waals surface area (Å²) in [6.45, 7) is 3.86. The molecule has 1 fully saturated rings. The predicted molar refractivity (Wildman–Crippen MR) is 137 cm³/mol. The number of rotatable bonds is 7. The molecule has 1 saturated heterocycles. The molecule has 1 aliphatic heterocycles. The Morgan fingerprint density at radius 3 is 2.15 bits per heavy atom. The van der Waals surface area contributed by atoms with E-state index in [0.717, 1.165) is 43.1 Å². The van der Waals surface area contributed by atoms with Crippen molar-refractivity contribution in [1.82, 2.24) is 10.2 Å². The van der Waals surface area contributed by atoms with Crippen LogP contribution in [0.2, 0.25) is 5.02 Å². The molecule has 0 aromatic heterocycles. The van der Waals surface area contributed by atoms with Crippen LogP contribution in [0.15, 0.2) is 72.8 Å². The van der Waals surface area contributed by atoms with Crippen molar-refractivity contribution in [2.24, 2.45) is 0 Å². The van der Waals surface area contributed by atoms with Crippen molar-refractivity contribution in [3.8, 4) is 0 Å². The predicted octanol–water partition coefficient (Wildman–Crippen LogP) is 4.84. The van der Waals surface area contributed by atoms with Gasteiger partial charge in [0.2, 0.25) is 0 Å². The number of hydrogen-bond donors (Lipinski definition) is 1. The van der Waals surface area contributed by atoms with E-state index in [4.69, 9.17) is 11.6 Å². The van der Waals surface area contributed by atoms with Gasteiger partial charge in [0.15, 0.2) is 0 Å². The molecule has 1 N–H and O–H groups in total. The van der Waals surface area contributed by atoms with Crippen LogP contribution in [-0.2, 0) is 0 Å². The highest BCUT2D eigenvalue weighted by atomic mass is 35.5. The number of anilines is 2. The molecular formula is C27H30ClFN4O. The second kappa shape index (κ2) is 10.9. The van der Waals surface area contributed by atoms with Crippen molar-refractivity contribution in [3.63, 3.8) is 0 Å². The number of carbonyl (C=O) groups is 1. The maximum Gasteiger partial charge on any atom is 0.251 e. The maximum absolute atomic E-state index is 13.3. The SMILES string of the molecule is CN(C)c1ccc([C@@H](CNC(=O)c2ccc(Cl)cc2)N2CCN(c3ccc(F)cc3)CC2)cc1. The first-order valence-electron chi connectivity index (χ1n) is 11.5. The molecule has 178 valence electrons. The summed E-state index contributed by atoms with van der Waals surface area (Å²) in [6, 6.07) is 22.1. The first-order chi connectivity index (χ1) is 16.4. The van der Waals surface area contributed by atoms with Gasteiger partial charge in [-0.15, -0.1) is 0 Å². The van der Waals surface area contributed by atoms with Crippen LogP contribution >= 0.6 is 11.6 Å². The lowest BCUT2D eigenvalue weighted by atomic mass is 10.0. The summed E-state index contributed by atoms with van der Waals surface area (Å²) in [5.41, 5.74) is 3.92. The third-order valence-corrected chi connectivity index (χ3v) is 6.56. The smallest absolute Gasteiger partial charge is 0.251 e. The molecular weight excluding hydrogens is 451 g/mol. The lowest BCUT2D eigenvalue weighted by Crippen LogP contribution is -2.50. The fraction of sp³-hybridized carbons (Fsp3) is 0.296. The molecule has 5 nitrogen and oxygen atoms in total. The molecule has 0 aliphatic carbocycles. The molecule has 0 bridgehead atoms. The number of hydrogen-bond acceptors (Lipinski definition) is 4. The van der Waals surface area contributed by atoms with E-state index in [1.807, 2.05) is 26.2 Å². The molecule has 3 aromatic carbocycles. The molecule has 0 unspecified atom stereocenters. The van der Waals surface area contributed by atoms with Gasteiger partial charge in [0.05, 0.1) is 6.04 Å². The Balaban J connectivity index is 1.47. The summed E-state index contributed by atoms with van der Waals surface area (Å²) >= 11 is 5.96. The Kier molecular flexibility index (Phi) is 7.70. The molecule has 34 heavy (non-hydrogen) atoms. The molecule has 0 spiro atoms. The number of nitrogens with one attached hydrogen (secondary N) is 1. The Morgan fingerprint density at radius 1 is 0.941 bits per heavy atom. The van der Waals surface area contributed by atoms with E-state index in [1.54, 1.807) is 24.3 Å². The second-order valence-corrected chi connectivity index (χ2v) is 9.15. The number of halogens is 2. The molecule has 3 aromatic rings. The van der Waals surface area contributed by atoms with Crippen molar-refractivity contribution in [2.45, 2.75) is 6.04 Å². The first-order valence-corrected chi connectivity index (χ1v) is 11.8. The zero-order chi connectivity index (χ0) is 24.1. The van der Waals surface area contributed by atoms with E-state index in [-0.39, 0.29) is 17.8 Å². The molecule has 0 radical (unpaired) electrons. The monoisotopic (exact) mass is 480 g/mol. The number of amides is 1. The van der Waals surface area contributed by atoms with Crippen molar-refractivity contribution in [3.05, 3.63) is 94.8 Å². The van der Waals surface area contributed by atoms with Crippen LogP contribution in [0.5, 0.6) is 0 Å². The van der Waals surface area contributed by atoms with Gasteiger partial charge in [-0.2, -0.15) is 0 Å². The van der Waals surface area contributed by atoms with Gasteiger partial charge in [-0.1, -0.05) is 23.7 Å². The van der Waals surface area contributed by atoms with Crippen LogP contribution in [-0.4, -0.2) is 57.6 Å². The fourth-order valence-corrected chi connectivity index (χ4v) is 4.41. The third kappa shape index (κ3) is 5.88. The molecule has 1 heterocycles. The van der Waals surface area contributed by atoms with E-state index in [0.29, 0.717) is 17.1 Å². The van der Waals surface area contributed by atoms with E-state index in [2.05, 4.69) is 44.3 Å². The van der Waals surface area contributed by atoms with Crippen molar-refractivity contribution in [2.75, 3.05) is 56.6 Å². The number of nitrogens with zero attached hydrogens (tertiary/aromatic N) is 3. The van der Waals surface area contributed by atoms with Gasteiger partial charge in [0, 0.05) is 68.8 Å². The Morgan fingerprint density at radius 2 is 1.56 bits per heavy atom. The largest absolute Gasteiger partial charge is 0.378 e. The highest BCUT2D eigenvalue weighted by Gasteiger charge is 2.26. The number of carbonyl (C=O) groups excluding carboxylic acids is 1. The third-order valence-electron chi connectivity index (χ3n) is 6.30. The molecule has 1 atom stereocenters. The van der Waals surface area contributed by atoms with E-state index >= 15 is 0 Å². The average molecular weight is 481 g/mol. The first kappa shape index (κ1) is 24.0. The zero-order valence-corrected chi connectivity index (χ0v) is 20.3. The van der Waals surface area contributed by atoms with Gasteiger partial charge < -0.3 is 15.1 Å². The van der Waals surface area contributed by atoms with Gasteiger partial charge in [-0.25, -0.2) is 4.39 Å². The van der Waals surface area contributed by atoms with Crippen LogP contribution in [0.25, 0.3) is 0 Å². The fourth-order valence-electron chi connectivity index (χ4n) is 4.29. The molecule has 4 rings (SSSR count). The van der Waals surface area contributed by atoms with Crippen LogP contribution in [0.4, 0.5) is 15.8 Å². The molecule has 0 saturated carbocycles. The normalized spacial score (nSPS) is 15.1. The topological polar surface area (TPSA) is 38.8 Å². The van der Waals surface area contributed by atoms with Crippen LogP contribution in [0, 0.1) is 5.82 Å². The van der Waals surface area contributed by atoms with E-state index in [1.165, 1.54) is 12.1 Å². The minimum Gasteiger partial charge on any atom is -0.378 e. The van der Waals surface area contributed by atoms with Gasteiger partial charge in [-0.05, 0) is 66.2 Å². The van der Waals surface area contributed by atoms with Crippen molar-refractivity contribution < 1.29 is 9.18 Å². The number of benzene rings is 3. The van der Waals surface area contributed by atoms with Gasteiger partial charge in [0.25, 0.3) is 5.91 Å². The molecule has 7 heteroatoms. The van der Waals surface area contributed by atoms with Gasteiger partial charge in [-0.3, -0.25) is 9.69 Å². The minimum atomic E-state index is -0.222. The standard InChI is InChI=1S/C27H30ClFN4O/c1-31(2)24-11-5-20(6-12-24)26(19-30-27(34)21-3-7-22(28)8-4-21)33-17-15-32(16-18-33)25-13-9-23(29)10-14-25/h3-14,26H,15-19H2,1-2H3,(H,30,34)/t26-/m1/s1. The average Bonchev–Trinajstić information content (AvgIpc) is 2.85. The summed E-state index contributed by atoms with van der Waals surface area (Å²) in [6.07, 6.45) is 0.